The number of benzene rings is 1. The fourth-order valence-electron chi connectivity index (χ4n) is 9.31. The van der Waals surface area contributed by atoms with Gasteiger partial charge in [0, 0.05) is 65.1 Å². The molecule has 3 saturated heterocycles. The smallest absolute Gasteiger partial charge is 0.409 e. The third kappa shape index (κ3) is 11.6. The van der Waals surface area contributed by atoms with Crippen LogP contribution in [-0.4, -0.2) is 144 Å². The first-order valence-electron chi connectivity index (χ1n) is 22.5. The number of thioether (sulfide) groups is 1. The zero-order valence-electron chi connectivity index (χ0n) is 39.0. The van der Waals surface area contributed by atoms with E-state index in [1.807, 2.05) is 13.0 Å². The second-order valence-corrected chi connectivity index (χ2v) is 20.1. The molecule has 4 fully saturated rings. The van der Waals surface area contributed by atoms with Crippen LogP contribution in [0.5, 0.6) is 5.75 Å². The third-order valence-corrected chi connectivity index (χ3v) is 15.4. The van der Waals surface area contributed by atoms with Gasteiger partial charge in [0.05, 0.1) is 30.6 Å². The zero-order chi connectivity index (χ0) is 48.2. The number of likely N-dealkylation sites (N-methyl/N-ethyl adjacent to an activating group) is 1. The minimum Gasteiger partial charge on any atom is -0.495 e. The molecule has 1 aromatic carbocycles. The highest BCUT2D eigenvalue weighted by molar-refractivity contribution is 8.00. The van der Waals surface area contributed by atoms with E-state index in [9.17, 15) is 38.7 Å². The van der Waals surface area contributed by atoms with Crippen molar-refractivity contribution in [3.05, 3.63) is 46.5 Å². The van der Waals surface area contributed by atoms with Gasteiger partial charge in [0.2, 0.25) is 23.6 Å². The van der Waals surface area contributed by atoms with Crippen LogP contribution < -0.4 is 15.0 Å². The van der Waals surface area contributed by atoms with E-state index in [2.05, 4.69) is 5.32 Å². The lowest BCUT2D eigenvalue weighted by atomic mass is 9.80. The number of nitrogens with zero attached hydrogens (tertiary/aromatic N) is 3. The molecule has 1 aromatic rings. The van der Waals surface area contributed by atoms with Crippen molar-refractivity contribution >= 4 is 70.5 Å². The number of Topliss-reactive ketones (excluding diaryl/α,β-unsaturated/α-hetero) is 1. The van der Waals surface area contributed by atoms with Gasteiger partial charge in [-0.3, -0.25) is 34.2 Å². The normalized spacial score (nSPS) is 32.3. The first kappa shape index (κ1) is 50.9. The van der Waals surface area contributed by atoms with Gasteiger partial charge >= 0.3 is 12.1 Å². The van der Waals surface area contributed by atoms with Gasteiger partial charge in [-0.05, 0) is 83.4 Å². The number of amides is 5. The molecule has 17 nitrogen and oxygen atoms in total. The summed E-state index contributed by atoms with van der Waals surface area (Å²) in [4.78, 5) is 96.4. The van der Waals surface area contributed by atoms with Gasteiger partial charge in [-0.1, -0.05) is 35.4 Å². The maximum atomic E-state index is 14.2. The summed E-state index contributed by atoms with van der Waals surface area (Å²) >= 11 is 8.02. The first-order chi connectivity index (χ1) is 31.2. The van der Waals surface area contributed by atoms with Gasteiger partial charge in [-0.25, -0.2) is 9.59 Å². The molecular formula is C47H63ClN4O13S. The van der Waals surface area contributed by atoms with Gasteiger partial charge in [0.15, 0.2) is 5.72 Å². The molecule has 8 atom stereocenters. The molecule has 362 valence electrons. The van der Waals surface area contributed by atoms with E-state index in [0.29, 0.717) is 24.4 Å². The Labute approximate surface area is 395 Å². The number of ether oxygens (including phenoxy) is 5. The molecule has 4 heterocycles. The topological polar surface area (TPSA) is 211 Å². The van der Waals surface area contributed by atoms with Crippen molar-refractivity contribution in [1.29, 1.82) is 0 Å². The van der Waals surface area contributed by atoms with Crippen molar-refractivity contribution in [3.63, 3.8) is 0 Å². The number of fused-ring (bicyclic) bond motifs is 5. The van der Waals surface area contributed by atoms with Crippen molar-refractivity contribution in [2.24, 2.45) is 11.8 Å². The number of likely N-dealkylation sites (tertiary alicyclic amines) is 1. The number of rotatable bonds is 12. The molecule has 4 aliphatic heterocycles. The number of aliphatic hydroxyl groups is 1. The highest BCUT2D eigenvalue weighted by Gasteiger charge is 2.62. The summed E-state index contributed by atoms with van der Waals surface area (Å²) in [5.74, 6) is -1.25. The number of esters is 1. The number of carbonyl (C=O) groups excluding carboxylic acids is 7. The summed E-state index contributed by atoms with van der Waals surface area (Å²) in [5, 5.41) is 13.8. The van der Waals surface area contributed by atoms with E-state index in [4.69, 9.17) is 35.3 Å². The highest BCUT2D eigenvalue weighted by atomic mass is 35.5. The molecule has 1 saturated carbocycles. The molecule has 0 unspecified atom stereocenters. The molecule has 5 amide bonds. The van der Waals surface area contributed by atoms with Gasteiger partial charge in [-0.2, -0.15) is 0 Å². The quantitative estimate of drug-likeness (QED) is 0.162. The predicted molar refractivity (Wildman–Crippen MR) is 245 cm³/mol. The molecule has 4 bridgehead atoms. The van der Waals surface area contributed by atoms with Crippen LogP contribution in [0.2, 0.25) is 5.02 Å². The number of hydrogen-bond donors (Lipinski definition) is 2. The fourth-order valence-corrected chi connectivity index (χ4v) is 10.7. The minimum absolute atomic E-state index is 0.0267. The summed E-state index contributed by atoms with van der Waals surface area (Å²) in [7, 11) is 5.90. The molecule has 6 rings (SSSR count). The van der Waals surface area contributed by atoms with Crippen LogP contribution in [0.25, 0.3) is 0 Å². The van der Waals surface area contributed by atoms with E-state index >= 15 is 0 Å². The maximum Gasteiger partial charge on any atom is 0.409 e. The Morgan fingerprint density at radius 3 is 2.47 bits per heavy atom. The maximum absolute atomic E-state index is 14.2. The summed E-state index contributed by atoms with van der Waals surface area (Å²) in [6, 6.07) is 2.43. The molecule has 0 radical (unpaired) electrons. The third-order valence-electron chi connectivity index (χ3n) is 13.8. The fraction of sp³-hybridized carbons (Fsp3) is 0.638. The van der Waals surface area contributed by atoms with Crippen LogP contribution in [-0.2, 0) is 54.1 Å². The van der Waals surface area contributed by atoms with Crippen LogP contribution in [0.3, 0.4) is 0 Å². The van der Waals surface area contributed by atoms with Crippen LogP contribution >= 0.6 is 23.4 Å². The molecule has 19 heteroatoms. The van der Waals surface area contributed by atoms with E-state index in [1.165, 1.54) is 54.7 Å². The van der Waals surface area contributed by atoms with E-state index < -0.39 is 70.9 Å². The Morgan fingerprint density at radius 1 is 1.09 bits per heavy atom. The molecular weight excluding hydrogens is 896 g/mol. The first-order valence-corrected chi connectivity index (χ1v) is 23.9. The van der Waals surface area contributed by atoms with Crippen LogP contribution in [0.1, 0.15) is 91.0 Å². The Bertz CT molecular complexity index is 2130. The summed E-state index contributed by atoms with van der Waals surface area (Å²) in [6.45, 7) is 7.03. The molecule has 1 aliphatic carbocycles. The predicted octanol–water partition coefficient (Wildman–Crippen LogP) is 4.91. The molecule has 0 aromatic heterocycles. The monoisotopic (exact) mass is 958 g/mol. The largest absolute Gasteiger partial charge is 0.495 e. The average Bonchev–Trinajstić information content (AvgIpc) is 3.85. The molecule has 2 N–H and O–H groups in total. The van der Waals surface area contributed by atoms with Gasteiger partial charge < -0.3 is 38.6 Å². The van der Waals surface area contributed by atoms with Gasteiger partial charge in [0.1, 0.15) is 46.5 Å². The van der Waals surface area contributed by atoms with Crippen LogP contribution in [0.4, 0.5) is 10.5 Å². The number of epoxide rings is 1. The highest BCUT2D eigenvalue weighted by Crippen LogP contribution is 2.47. The standard InChI is InChI=1S/C47H63ClN4O13S/c1-26-10-9-11-36(62-8)47(60)24-32(63-45(59)49-47)21-38-46(4,65-38)37(23-40(55)51(6)33-19-30(18-26)20-34(61-7)42(33)48)64-44(58)27(2)50(5)39(54)16-17-66-35-22-41(56)52(43(35)57)25-29-12-14-31(15-13-29)28(3)53/h9-11,19-20,27,29,31-32,35-38,60H,12-18,21-25H2,1-8H3,(H,49,59)/b11-9+,26-10+/t27-,29?,31?,32+,35+,36+,37-,38-,46-,47-/m0/s1. The van der Waals surface area contributed by atoms with E-state index in [-0.39, 0.29) is 72.3 Å². The van der Waals surface area contributed by atoms with Gasteiger partial charge in [-0.15, -0.1) is 11.8 Å². The lowest BCUT2D eigenvalue weighted by Crippen LogP contribution is -2.62. The van der Waals surface area contributed by atoms with Crippen molar-refractivity contribution in [2.75, 3.05) is 45.5 Å². The number of ketones is 1. The second kappa shape index (κ2) is 21.2. The number of hydrogen-bond acceptors (Lipinski definition) is 14. The number of nitrogens with one attached hydrogen (secondary N) is 1. The molecule has 5 aliphatic rings. The number of imide groups is 1. The average molecular weight is 960 g/mol. The van der Waals surface area contributed by atoms with Crippen LogP contribution in [0.15, 0.2) is 35.9 Å². The lowest BCUT2D eigenvalue weighted by Gasteiger charge is -2.40. The zero-order valence-corrected chi connectivity index (χ0v) is 40.5. The molecule has 66 heavy (non-hydrogen) atoms. The number of carbonyl (C=O) groups is 7. The van der Waals surface area contributed by atoms with Crippen LogP contribution in [0, 0.1) is 11.8 Å². The van der Waals surface area contributed by atoms with Crippen molar-refractivity contribution < 1.29 is 62.4 Å². The Hall–Kier alpha value is -4.49. The number of halogens is 1. The Balaban J connectivity index is 1.14. The van der Waals surface area contributed by atoms with Crippen molar-refractivity contribution in [1.82, 2.24) is 15.1 Å². The minimum atomic E-state index is -1.85. The summed E-state index contributed by atoms with van der Waals surface area (Å²) in [6.07, 6.45) is 3.79. The molecule has 0 spiro atoms. The number of allylic oxidation sites excluding steroid dienone is 3. The second-order valence-electron chi connectivity index (χ2n) is 18.4. The number of anilines is 1. The SMILES string of the molecule is COc1cc2cc(c1Cl)N(C)C(=O)C[C@H](OC(=O)[C@H](C)N(C)C(=O)CCS[C@@H]1CC(=O)N(CC3CCC(C(C)=O)CC3)C1=O)[C@]1(C)O[C@H]1C[C@@H]1C[C@@](O)(NC(=O)O1)[C@H](OC)/C=C/C=C(\C)C2. The van der Waals surface area contributed by atoms with Crippen molar-refractivity contribution in [3.8, 4) is 5.75 Å². The number of alkyl carbamates (subject to hydrolysis) is 1. The summed E-state index contributed by atoms with van der Waals surface area (Å²) < 4.78 is 29.1. The van der Waals surface area contributed by atoms with Gasteiger partial charge in [0.25, 0.3) is 0 Å². The van der Waals surface area contributed by atoms with E-state index in [1.54, 1.807) is 45.2 Å². The number of methoxy groups -OCH3 is 2. The summed E-state index contributed by atoms with van der Waals surface area (Å²) in [5.41, 5.74) is -1.08. The van der Waals surface area contributed by atoms with Crippen molar-refractivity contribution in [2.45, 2.75) is 139 Å². The Morgan fingerprint density at radius 2 is 1.80 bits per heavy atom. The lowest BCUT2D eigenvalue weighted by molar-refractivity contribution is -0.162. The van der Waals surface area contributed by atoms with E-state index in [0.717, 1.165) is 36.8 Å². The Kier molecular flexibility index (Phi) is 16.4.